The molecule has 1 aliphatic rings. The van der Waals surface area contributed by atoms with Crippen LogP contribution < -0.4 is 9.80 Å². The van der Waals surface area contributed by atoms with Gasteiger partial charge in [-0.2, -0.15) is 0 Å². The van der Waals surface area contributed by atoms with Gasteiger partial charge in [-0.1, -0.05) is 48.0 Å². The van der Waals surface area contributed by atoms with Crippen molar-refractivity contribution in [1.29, 1.82) is 0 Å². The van der Waals surface area contributed by atoms with Crippen molar-refractivity contribution in [3.8, 4) is 0 Å². The third-order valence-corrected chi connectivity index (χ3v) is 5.10. The van der Waals surface area contributed by atoms with E-state index in [1.807, 2.05) is 67.5 Å². The fourth-order valence-corrected chi connectivity index (χ4v) is 3.42. The summed E-state index contributed by atoms with van der Waals surface area (Å²) in [5.74, 6) is -0.181. The van der Waals surface area contributed by atoms with E-state index in [9.17, 15) is 9.18 Å². The highest BCUT2D eigenvalue weighted by Gasteiger charge is 2.32. The molecule has 0 aliphatic carbocycles. The molecule has 150 valence electrons. The van der Waals surface area contributed by atoms with Crippen LogP contribution in [0.15, 0.2) is 83.5 Å². The van der Waals surface area contributed by atoms with Crippen molar-refractivity contribution >= 4 is 40.8 Å². The fourth-order valence-electron chi connectivity index (χ4n) is 3.19. The standard InChI is InChI=1S/C24H19ClFN3O/c1-28(2)20-11-8-17(21(25)15-20)14-22-24(30)29(19-12-9-18(26)10-13-19)23(27-22)16-6-4-3-5-7-16/h3-15H,1-2H3/b22-14+. The zero-order valence-corrected chi connectivity index (χ0v) is 17.3. The van der Waals surface area contributed by atoms with Gasteiger partial charge in [-0.3, -0.25) is 9.69 Å². The van der Waals surface area contributed by atoms with Gasteiger partial charge in [-0.25, -0.2) is 9.38 Å². The fraction of sp³-hybridized carbons (Fsp3) is 0.0833. The first-order valence-electron chi connectivity index (χ1n) is 9.37. The molecule has 30 heavy (non-hydrogen) atoms. The Labute approximate surface area is 179 Å². The van der Waals surface area contributed by atoms with Crippen LogP contribution in [0.1, 0.15) is 11.1 Å². The van der Waals surface area contributed by atoms with E-state index in [1.165, 1.54) is 17.0 Å². The number of nitrogens with zero attached hydrogens (tertiary/aromatic N) is 3. The Balaban J connectivity index is 1.79. The second-order valence-corrected chi connectivity index (χ2v) is 7.46. The minimum absolute atomic E-state index is 0.262. The van der Waals surface area contributed by atoms with Gasteiger partial charge in [0.05, 0.1) is 5.69 Å². The van der Waals surface area contributed by atoms with Crippen LogP contribution >= 0.6 is 11.6 Å². The molecule has 0 unspecified atom stereocenters. The molecule has 0 spiro atoms. The van der Waals surface area contributed by atoms with E-state index >= 15 is 0 Å². The van der Waals surface area contributed by atoms with Gasteiger partial charge < -0.3 is 4.90 Å². The smallest absolute Gasteiger partial charge is 0.282 e. The van der Waals surface area contributed by atoms with Gasteiger partial charge in [0.15, 0.2) is 0 Å². The Hall–Kier alpha value is -3.44. The van der Waals surface area contributed by atoms with E-state index in [0.717, 1.165) is 11.3 Å². The normalized spacial score (nSPS) is 14.9. The number of carbonyl (C=O) groups is 1. The molecule has 0 saturated heterocycles. The second-order valence-electron chi connectivity index (χ2n) is 7.05. The van der Waals surface area contributed by atoms with Crippen LogP contribution in [0.3, 0.4) is 0 Å². The molecule has 1 amide bonds. The minimum Gasteiger partial charge on any atom is -0.378 e. The van der Waals surface area contributed by atoms with Crippen molar-refractivity contribution in [2.45, 2.75) is 0 Å². The first-order valence-corrected chi connectivity index (χ1v) is 9.74. The number of anilines is 2. The van der Waals surface area contributed by atoms with Crippen LogP contribution in [0, 0.1) is 5.82 Å². The summed E-state index contributed by atoms with van der Waals surface area (Å²) in [6.07, 6.45) is 1.68. The molecule has 0 aromatic heterocycles. The summed E-state index contributed by atoms with van der Waals surface area (Å²) in [5.41, 5.74) is 3.25. The maximum absolute atomic E-state index is 13.4. The van der Waals surface area contributed by atoms with Gasteiger partial charge in [0.1, 0.15) is 17.3 Å². The molecule has 3 aromatic rings. The Bertz CT molecular complexity index is 1150. The number of hydrogen-bond donors (Lipinski definition) is 0. The molecule has 4 nitrogen and oxygen atoms in total. The van der Waals surface area contributed by atoms with Gasteiger partial charge in [0, 0.05) is 30.4 Å². The summed E-state index contributed by atoms with van der Waals surface area (Å²) in [7, 11) is 3.86. The molecule has 4 rings (SSSR count). The molecule has 1 heterocycles. The highest BCUT2D eigenvalue weighted by molar-refractivity contribution is 6.34. The van der Waals surface area contributed by atoms with Crippen LogP contribution in [0.25, 0.3) is 6.08 Å². The Morgan fingerprint density at radius 2 is 1.70 bits per heavy atom. The SMILES string of the molecule is CN(C)c1ccc(/C=C2/N=C(c3ccccc3)N(c3ccc(F)cc3)C2=O)c(Cl)c1. The molecule has 0 radical (unpaired) electrons. The van der Waals surface area contributed by atoms with Crippen molar-refractivity contribution in [1.82, 2.24) is 0 Å². The lowest BCUT2D eigenvalue weighted by molar-refractivity contribution is -0.113. The molecular weight excluding hydrogens is 401 g/mol. The molecule has 6 heteroatoms. The van der Waals surface area contributed by atoms with E-state index in [1.54, 1.807) is 18.2 Å². The van der Waals surface area contributed by atoms with Gasteiger partial charge in [0.25, 0.3) is 5.91 Å². The number of amides is 1. The lowest BCUT2D eigenvalue weighted by Crippen LogP contribution is -2.32. The van der Waals surface area contributed by atoms with Crippen molar-refractivity contribution in [3.63, 3.8) is 0 Å². The molecule has 0 N–H and O–H groups in total. The number of amidine groups is 1. The van der Waals surface area contributed by atoms with Crippen LogP contribution in [0.4, 0.5) is 15.8 Å². The van der Waals surface area contributed by atoms with Gasteiger partial charge >= 0.3 is 0 Å². The Morgan fingerprint density at radius 1 is 1.00 bits per heavy atom. The number of hydrogen-bond acceptors (Lipinski definition) is 3. The number of benzene rings is 3. The number of aliphatic imine (C=N–C) groups is 1. The Morgan fingerprint density at radius 3 is 2.33 bits per heavy atom. The second kappa shape index (κ2) is 8.13. The number of carbonyl (C=O) groups excluding carboxylic acids is 1. The van der Waals surface area contributed by atoms with Crippen LogP contribution in [0.2, 0.25) is 5.02 Å². The highest BCUT2D eigenvalue weighted by atomic mass is 35.5. The molecule has 1 aliphatic heterocycles. The minimum atomic E-state index is -0.368. The predicted octanol–water partition coefficient (Wildman–Crippen LogP) is 5.38. The van der Waals surface area contributed by atoms with E-state index in [4.69, 9.17) is 11.6 Å². The Kier molecular flexibility index (Phi) is 5.38. The van der Waals surface area contributed by atoms with Crippen molar-refractivity contribution in [2.75, 3.05) is 23.9 Å². The molecular formula is C24H19ClFN3O. The topological polar surface area (TPSA) is 35.9 Å². The summed E-state index contributed by atoms with van der Waals surface area (Å²) in [6, 6.07) is 20.8. The molecule has 3 aromatic carbocycles. The third kappa shape index (κ3) is 3.84. The molecule has 0 atom stereocenters. The zero-order chi connectivity index (χ0) is 21.3. The quantitative estimate of drug-likeness (QED) is 0.532. The number of halogens is 2. The van der Waals surface area contributed by atoms with Crippen LogP contribution in [0.5, 0.6) is 0 Å². The van der Waals surface area contributed by atoms with Crippen molar-refractivity contribution in [2.24, 2.45) is 4.99 Å². The van der Waals surface area contributed by atoms with Crippen LogP contribution in [-0.4, -0.2) is 25.8 Å². The highest BCUT2D eigenvalue weighted by Crippen LogP contribution is 2.30. The molecule has 0 fully saturated rings. The summed E-state index contributed by atoms with van der Waals surface area (Å²) in [6.45, 7) is 0. The van der Waals surface area contributed by atoms with Crippen LogP contribution in [-0.2, 0) is 4.79 Å². The molecule has 0 saturated carbocycles. The van der Waals surface area contributed by atoms with E-state index in [0.29, 0.717) is 22.1 Å². The first-order chi connectivity index (χ1) is 14.4. The maximum Gasteiger partial charge on any atom is 0.282 e. The van der Waals surface area contributed by atoms with E-state index in [2.05, 4.69) is 4.99 Å². The monoisotopic (exact) mass is 419 g/mol. The average molecular weight is 420 g/mol. The van der Waals surface area contributed by atoms with Gasteiger partial charge in [-0.05, 0) is 48.0 Å². The lowest BCUT2D eigenvalue weighted by atomic mass is 10.1. The van der Waals surface area contributed by atoms with E-state index < -0.39 is 0 Å². The molecule has 0 bridgehead atoms. The third-order valence-electron chi connectivity index (χ3n) is 4.77. The van der Waals surface area contributed by atoms with Gasteiger partial charge in [-0.15, -0.1) is 0 Å². The summed E-state index contributed by atoms with van der Waals surface area (Å²) in [5, 5.41) is 0.526. The van der Waals surface area contributed by atoms with Gasteiger partial charge in [0.2, 0.25) is 0 Å². The number of rotatable bonds is 4. The zero-order valence-electron chi connectivity index (χ0n) is 16.5. The lowest BCUT2D eigenvalue weighted by Gasteiger charge is -2.18. The first kappa shape index (κ1) is 19.9. The summed E-state index contributed by atoms with van der Waals surface area (Å²) < 4.78 is 13.4. The summed E-state index contributed by atoms with van der Waals surface area (Å²) >= 11 is 6.44. The summed E-state index contributed by atoms with van der Waals surface area (Å²) in [4.78, 5) is 21.3. The largest absolute Gasteiger partial charge is 0.378 e. The average Bonchev–Trinajstić information content (AvgIpc) is 3.07. The van der Waals surface area contributed by atoms with Crippen molar-refractivity contribution in [3.05, 3.63) is 100 Å². The van der Waals surface area contributed by atoms with Crippen molar-refractivity contribution < 1.29 is 9.18 Å². The maximum atomic E-state index is 13.4. The predicted molar refractivity (Wildman–Crippen MR) is 121 cm³/mol. The van der Waals surface area contributed by atoms with E-state index in [-0.39, 0.29) is 17.4 Å².